The smallest absolute Gasteiger partial charge is 0.207 e. The van der Waals surface area contributed by atoms with Gasteiger partial charge in [0.2, 0.25) is 9.84 Å². The van der Waals surface area contributed by atoms with Crippen LogP contribution in [0.1, 0.15) is 0 Å². The number of benzene rings is 4. The first-order valence-corrected chi connectivity index (χ1v) is 11.6. The lowest BCUT2D eigenvalue weighted by Gasteiger charge is -2.19. The van der Waals surface area contributed by atoms with Gasteiger partial charge in [-0.1, -0.05) is 12.1 Å². The van der Waals surface area contributed by atoms with Crippen LogP contribution >= 0.6 is 0 Å². The van der Waals surface area contributed by atoms with Crippen LogP contribution in [0, 0.1) is 0 Å². The zero-order valence-corrected chi connectivity index (χ0v) is 18.9. The maximum atomic E-state index is 14.0. The molecule has 11 heteroatoms. The lowest BCUT2D eigenvalue weighted by Crippen LogP contribution is -2.09. The molecule has 0 saturated carbocycles. The molecule has 0 aliphatic carbocycles. The molecule has 4 aromatic carbocycles. The highest BCUT2D eigenvalue weighted by Gasteiger charge is 2.30. The summed E-state index contributed by atoms with van der Waals surface area (Å²) >= 11 is 0. The first-order chi connectivity index (χ1) is 16.4. The van der Waals surface area contributed by atoms with Crippen molar-refractivity contribution in [2.45, 2.75) is 9.79 Å². The standard InChI is InChI=1S/C24H22N4O6S/c25-13-9-11(1-3-15(13)29)21-19(7-5-17(31)23(21)27)35(33,34)20-8-6-18(32)24(28)22(20)12-2-4-16(30)14(26)10-12/h1-10,29-32H,25-28H2. The number of phenols is 4. The van der Waals surface area contributed by atoms with Crippen LogP contribution in [0.4, 0.5) is 22.7 Å². The van der Waals surface area contributed by atoms with Crippen LogP contribution in [0.25, 0.3) is 22.3 Å². The zero-order valence-electron chi connectivity index (χ0n) is 18.1. The Hall–Kier alpha value is -4.77. The molecular formula is C24H22N4O6S. The van der Waals surface area contributed by atoms with E-state index >= 15 is 0 Å². The van der Waals surface area contributed by atoms with Crippen LogP contribution in [0.2, 0.25) is 0 Å². The maximum Gasteiger partial charge on any atom is 0.207 e. The van der Waals surface area contributed by atoms with Crippen molar-refractivity contribution in [2.75, 3.05) is 22.9 Å². The molecule has 0 spiro atoms. The Kier molecular flexibility index (Phi) is 5.49. The van der Waals surface area contributed by atoms with Gasteiger partial charge in [0.15, 0.2) is 0 Å². The van der Waals surface area contributed by atoms with Crippen LogP contribution in [-0.4, -0.2) is 28.8 Å². The maximum absolute atomic E-state index is 14.0. The van der Waals surface area contributed by atoms with Crippen molar-refractivity contribution in [1.82, 2.24) is 0 Å². The SMILES string of the molecule is Nc1cc(-c2c(S(=O)(=O)c3ccc(O)c(N)c3-c3ccc(O)c(N)c3)ccc(O)c2N)ccc1O. The topological polar surface area (TPSA) is 219 Å². The van der Waals surface area contributed by atoms with Crippen molar-refractivity contribution >= 4 is 32.6 Å². The summed E-state index contributed by atoms with van der Waals surface area (Å²) in [7, 11) is -4.41. The Labute approximate surface area is 200 Å². The molecule has 0 aliphatic heterocycles. The summed E-state index contributed by atoms with van der Waals surface area (Å²) in [6, 6.07) is 12.6. The molecule has 4 aromatic rings. The molecule has 0 radical (unpaired) electrons. The fourth-order valence-electron chi connectivity index (χ4n) is 3.76. The molecule has 12 N–H and O–H groups in total. The van der Waals surface area contributed by atoms with Gasteiger partial charge in [0.1, 0.15) is 23.0 Å². The first kappa shape index (κ1) is 23.4. The third-order valence-corrected chi connectivity index (χ3v) is 7.42. The molecular weight excluding hydrogens is 472 g/mol. The number of hydrogen-bond acceptors (Lipinski definition) is 10. The van der Waals surface area contributed by atoms with Gasteiger partial charge in [-0.15, -0.1) is 0 Å². The quantitative estimate of drug-likeness (QED) is 0.153. The van der Waals surface area contributed by atoms with Crippen molar-refractivity contribution in [3.8, 4) is 45.3 Å². The Morgan fingerprint density at radius 3 is 1.20 bits per heavy atom. The van der Waals surface area contributed by atoms with Crippen LogP contribution in [0.15, 0.2) is 70.5 Å². The molecule has 0 bridgehead atoms. The molecule has 0 atom stereocenters. The number of hydrogen-bond donors (Lipinski definition) is 8. The van der Waals surface area contributed by atoms with Gasteiger partial charge in [-0.2, -0.15) is 0 Å². The number of nitrogen functional groups attached to an aromatic ring is 4. The zero-order chi connectivity index (χ0) is 25.7. The summed E-state index contributed by atoms with van der Waals surface area (Å²) in [5.74, 6) is -1.14. The third-order valence-electron chi connectivity index (χ3n) is 5.58. The van der Waals surface area contributed by atoms with Crippen LogP contribution in [0.3, 0.4) is 0 Å². The molecule has 0 unspecified atom stereocenters. The number of rotatable bonds is 4. The van der Waals surface area contributed by atoms with Crippen molar-refractivity contribution in [3.63, 3.8) is 0 Å². The minimum Gasteiger partial charge on any atom is -0.506 e. The van der Waals surface area contributed by atoms with Gasteiger partial charge in [-0.3, -0.25) is 0 Å². The third kappa shape index (κ3) is 3.83. The summed E-state index contributed by atoms with van der Waals surface area (Å²) in [5, 5.41) is 40.0. The van der Waals surface area contributed by atoms with Crippen LogP contribution < -0.4 is 22.9 Å². The fraction of sp³-hybridized carbons (Fsp3) is 0. The van der Waals surface area contributed by atoms with E-state index in [2.05, 4.69) is 0 Å². The van der Waals surface area contributed by atoms with Crippen LogP contribution in [0.5, 0.6) is 23.0 Å². The van der Waals surface area contributed by atoms with E-state index in [1.54, 1.807) is 0 Å². The van der Waals surface area contributed by atoms with Gasteiger partial charge in [0, 0.05) is 11.1 Å². The second-order valence-electron chi connectivity index (χ2n) is 7.79. The molecule has 0 amide bonds. The van der Waals surface area contributed by atoms with Crippen molar-refractivity contribution in [2.24, 2.45) is 0 Å². The van der Waals surface area contributed by atoms with E-state index in [0.29, 0.717) is 0 Å². The Morgan fingerprint density at radius 2 is 0.857 bits per heavy atom. The minimum atomic E-state index is -4.41. The lowest BCUT2D eigenvalue weighted by atomic mass is 10.0. The molecule has 0 heterocycles. The fourth-order valence-corrected chi connectivity index (χ4v) is 5.48. The van der Waals surface area contributed by atoms with Gasteiger partial charge in [-0.05, 0) is 59.7 Å². The van der Waals surface area contributed by atoms with Gasteiger partial charge in [0.25, 0.3) is 0 Å². The molecule has 0 aliphatic rings. The molecule has 10 nitrogen and oxygen atoms in total. The molecule has 4 rings (SSSR count). The van der Waals surface area contributed by atoms with E-state index in [1.807, 2.05) is 0 Å². The lowest BCUT2D eigenvalue weighted by molar-refractivity contribution is 0.477. The van der Waals surface area contributed by atoms with E-state index in [-0.39, 0.29) is 77.8 Å². The number of nitrogens with two attached hydrogens (primary N) is 4. The van der Waals surface area contributed by atoms with Gasteiger partial charge in [-0.25, -0.2) is 8.42 Å². The first-order valence-electron chi connectivity index (χ1n) is 10.1. The highest BCUT2D eigenvalue weighted by atomic mass is 32.2. The number of phenolic OH excluding ortho intramolecular Hbond substituents is 4. The van der Waals surface area contributed by atoms with Crippen molar-refractivity contribution in [3.05, 3.63) is 60.7 Å². The van der Waals surface area contributed by atoms with Gasteiger partial charge < -0.3 is 43.4 Å². The van der Waals surface area contributed by atoms with Gasteiger partial charge >= 0.3 is 0 Å². The van der Waals surface area contributed by atoms with Gasteiger partial charge in [0.05, 0.1) is 32.5 Å². The average molecular weight is 495 g/mol. The summed E-state index contributed by atoms with van der Waals surface area (Å²) < 4.78 is 28.0. The summed E-state index contributed by atoms with van der Waals surface area (Å²) in [5.41, 5.74) is 23.7. The Balaban J connectivity index is 2.06. The predicted molar refractivity (Wildman–Crippen MR) is 134 cm³/mol. The second-order valence-corrected chi connectivity index (χ2v) is 9.68. The summed E-state index contributed by atoms with van der Waals surface area (Å²) in [4.78, 5) is -0.563. The predicted octanol–water partition coefficient (Wildman–Crippen LogP) is 3.00. The second kappa shape index (κ2) is 8.22. The Bertz CT molecular complexity index is 1490. The van der Waals surface area contributed by atoms with E-state index in [1.165, 1.54) is 48.5 Å². The highest BCUT2D eigenvalue weighted by Crippen LogP contribution is 2.46. The monoisotopic (exact) mass is 494 g/mol. The van der Waals surface area contributed by atoms with Crippen molar-refractivity contribution in [1.29, 1.82) is 0 Å². The van der Waals surface area contributed by atoms with Crippen molar-refractivity contribution < 1.29 is 28.8 Å². The molecule has 180 valence electrons. The van der Waals surface area contributed by atoms with E-state index in [4.69, 9.17) is 22.9 Å². The normalized spacial score (nSPS) is 11.4. The molecule has 0 fully saturated rings. The number of anilines is 4. The molecule has 0 saturated heterocycles. The Morgan fingerprint density at radius 1 is 0.514 bits per heavy atom. The van der Waals surface area contributed by atoms with Crippen LogP contribution in [-0.2, 0) is 9.84 Å². The number of aromatic hydroxyl groups is 4. The average Bonchev–Trinajstić information content (AvgIpc) is 2.81. The summed E-state index contributed by atoms with van der Waals surface area (Å²) in [6.07, 6.45) is 0. The highest BCUT2D eigenvalue weighted by molar-refractivity contribution is 7.91. The summed E-state index contributed by atoms with van der Waals surface area (Å²) in [6.45, 7) is 0. The minimum absolute atomic E-state index is 0.0253. The van der Waals surface area contributed by atoms with E-state index < -0.39 is 9.84 Å². The largest absolute Gasteiger partial charge is 0.506 e. The molecule has 0 aromatic heterocycles. The van der Waals surface area contributed by atoms with E-state index in [0.717, 1.165) is 12.1 Å². The molecule has 35 heavy (non-hydrogen) atoms. The number of sulfone groups is 1. The van der Waals surface area contributed by atoms with E-state index in [9.17, 15) is 28.8 Å².